The minimum atomic E-state index is 0.402. The Morgan fingerprint density at radius 1 is 1.38 bits per heavy atom. The van der Waals surface area contributed by atoms with E-state index >= 15 is 0 Å². The first-order valence-electron chi connectivity index (χ1n) is 6.19. The van der Waals surface area contributed by atoms with Crippen molar-refractivity contribution in [3.05, 3.63) is 34.9 Å². The highest BCUT2D eigenvalue weighted by Gasteiger charge is 2.18. The van der Waals surface area contributed by atoms with Crippen molar-refractivity contribution in [3.63, 3.8) is 0 Å². The molecule has 1 aliphatic rings. The molecule has 1 heterocycles. The van der Waals surface area contributed by atoms with E-state index in [4.69, 9.17) is 5.73 Å². The van der Waals surface area contributed by atoms with Crippen molar-refractivity contribution in [1.82, 2.24) is 4.90 Å². The van der Waals surface area contributed by atoms with Gasteiger partial charge in [0, 0.05) is 19.1 Å². The van der Waals surface area contributed by atoms with Gasteiger partial charge in [0.1, 0.15) is 0 Å². The monoisotopic (exact) mass is 218 g/mol. The van der Waals surface area contributed by atoms with Gasteiger partial charge in [0.15, 0.2) is 0 Å². The second-order valence-electron chi connectivity index (χ2n) is 5.03. The molecule has 16 heavy (non-hydrogen) atoms. The highest BCUT2D eigenvalue weighted by molar-refractivity contribution is 5.30. The predicted molar refractivity (Wildman–Crippen MR) is 68.7 cm³/mol. The van der Waals surface area contributed by atoms with E-state index in [1.54, 1.807) is 0 Å². The maximum absolute atomic E-state index is 5.90. The molecule has 1 aromatic carbocycles. The second-order valence-corrected chi connectivity index (χ2v) is 5.03. The number of hydrogen-bond acceptors (Lipinski definition) is 2. The van der Waals surface area contributed by atoms with Crippen LogP contribution in [0.4, 0.5) is 0 Å². The molecule has 0 bridgehead atoms. The predicted octanol–water partition coefficient (Wildman–Crippen LogP) is 1.88. The molecule has 1 aliphatic heterocycles. The fourth-order valence-electron chi connectivity index (χ4n) is 2.47. The summed E-state index contributed by atoms with van der Waals surface area (Å²) >= 11 is 0. The molecule has 0 radical (unpaired) electrons. The number of nitrogens with zero attached hydrogens (tertiary/aromatic N) is 1. The van der Waals surface area contributed by atoms with Crippen molar-refractivity contribution < 1.29 is 0 Å². The Morgan fingerprint density at radius 3 is 2.81 bits per heavy atom. The summed E-state index contributed by atoms with van der Waals surface area (Å²) in [5, 5.41) is 0. The third kappa shape index (κ3) is 2.83. The van der Waals surface area contributed by atoms with Gasteiger partial charge in [-0.15, -0.1) is 0 Å². The van der Waals surface area contributed by atoms with Crippen molar-refractivity contribution in [2.24, 2.45) is 5.73 Å². The van der Waals surface area contributed by atoms with Gasteiger partial charge in [0.05, 0.1) is 0 Å². The van der Waals surface area contributed by atoms with E-state index in [1.807, 2.05) is 0 Å². The van der Waals surface area contributed by atoms with Gasteiger partial charge in [-0.1, -0.05) is 23.8 Å². The van der Waals surface area contributed by atoms with Gasteiger partial charge in [0.2, 0.25) is 0 Å². The Labute approximate surface area is 98.4 Å². The van der Waals surface area contributed by atoms with Crippen LogP contribution in [0.15, 0.2) is 18.2 Å². The number of nitrogens with two attached hydrogens (primary N) is 1. The summed E-state index contributed by atoms with van der Waals surface area (Å²) < 4.78 is 0. The lowest BCUT2D eigenvalue weighted by atomic mass is 10.0. The highest BCUT2D eigenvalue weighted by atomic mass is 15.2. The Kier molecular flexibility index (Phi) is 3.62. The second kappa shape index (κ2) is 4.98. The van der Waals surface area contributed by atoms with Crippen LogP contribution in [0.5, 0.6) is 0 Å². The van der Waals surface area contributed by atoms with Gasteiger partial charge in [0.25, 0.3) is 0 Å². The summed E-state index contributed by atoms with van der Waals surface area (Å²) in [6, 6.07) is 7.14. The smallest absolute Gasteiger partial charge is 0.0180 e. The first-order valence-corrected chi connectivity index (χ1v) is 6.19. The van der Waals surface area contributed by atoms with Gasteiger partial charge in [-0.3, -0.25) is 0 Å². The maximum atomic E-state index is 5.90. The number of benzene rings is 1. The lowest BCUT2D eigenvalue weighted by Crippen LogP contribution is -2.28. The van der Waals surface area contributed by atoms with E-state index in [0.29, 0.717) is 6.04 Å². The molecule has 1 saturated heterocycles. The molecule has 2 rings (SSSR count). The average Bonchev–Trinajstić information content (AvgIpc) is 2.63. The number of hydrogen-bond donors (Lipinski definition) is 1. The summed E-state index contributed by atoms with van der Waals surface area (Å²) in [4.78, 5) is 2.48. The molecule has 0 amide bonds. The van der Waals surface area contributed by atoms with Crippen LogP contribution in [0.3, 0.4) is 0 Å². The highest BCUT2D eigenvalue weighted by Crippen LogP contribution is 2.13. The minimum Gasteiger partial charge on any atom is -0.326 e. The first kappa shape index (κ1) is 11.6. The van der Waals surface area contributed by atoms with E-state index in [0.717, 1.165) is 25.9 Å². The SMILES string of the molecule is Cc1ccc(CCN2CCC(N)C2)c(C)c1. The molecule has 1 aromatic rings. The summed E-state index contributed by atoms with van der Waals surface area (Å²) in [6.07, 6.45) is 2.31. The molecule has 0 aliphatic carbocycles. The normalized spacial score (nSPS) is 21.6. The standard InChI is InChI=1S/C14H22N2/c1-11-3-4-13(12(2)9-11)5-7-16-8-6-14(15)10-16/h3-4,9,14H,5-8,10,15H2,1-2H3. The lowest BCUT2D eigenvalue weighted by molar-refractivity contribution is 0.339. The number of aryl methyl sites for hydroxylation is 2. The Morgan fingerprint density at radius 2 is 2.19 bits per heavy atom. The third-order valence-electron chi connectivity index (χ3n) is 3.50. The maximum Gasteiger partial charge on any atom is 0.0180 e. The molecule has 88 valence electrons. The van der Waals surface area contributed by atoms with Crippen LogP contribution >= 0.6 is 0 Å². The fourth-order valence-corrected chi connectivity index (χ4v) is 2.47. The van der Waals surface area contributed by atoms with Crippen LogP contribution in [-0.4, -0.2) is 30.6 Å². The quantitative estimate of drug-likeness (QED) is 0.839. The van der Waals surface area contributed by atoms with Crippen LogP contribution < -0.4 is 5.73 Å². The fraction of sp³-hybridized carbons (Fsp3) is 0.571. The summed E-state index contributed by atoms with van der Waals surface area (Å²) in [5.74, 6) is 0. The van der Waals surface area contributed by atoms with Gasteiger partial charge >= 0.3 is 0 Å². The van der Waals surface area contributed by atoms with Crippen molar-refractivity contribution in [3.8, 4) is 0 Å². The summed E-state index contributed by atoms with van der Waals surface area (Å²) in [5.41, 5.74) is 10.2. The van der Waals surface area contributed by atoms with E-state index in [2.05, 4.69) is 36.9 Å². The zero-order chi connectivity index (χ0) is 11.5. The molecule has 2 nitrogen and oxygen atoms in total. The number of rotatable bonds is 3. The lowest BCUT2D eigenvalue weighted by Gasteiger charge is -2.16. The molecular formula is C14H22N2. The summed E-state index contributed by atoms with van der Waals surface area (Å²) in [7, 11) is 0. The van der Waals surface area contributed by atoms with Gasteiger partial charge in [-0.2, -0.15) is 0 Å². The number of likely N-dealkylation sites (tertiary alicyclic amines) is 1. The molecular weight excluding hydrogens is 196 g/mol. The molecule has 1 unspecified atom stereocenters. The molecule has 2 N–H and O–H groups in total. The van der Waals surface area contributed by atoms with Crippen LogP contribution in [0.25, 0.3) is 0 Å². The van der Waals surface area contributed by atoms with Crippen molar-refractivity contribution >= 4 is 0 Å². The average molecular weight is 218 g/mol. The minimum absolute atomic E-state index is 0.402. The van der Waals surface area contributed by atoms with Crippen LogP contribution in [-0.2, 0) is 6.42 Å². The van der Waals surface area contributed by atoms with Crippen LogP contribution in [0.1, 0.15) is 23.1 Å². The van der Waals surface area contributed by atoms with E-state index in [1.165, 1.54) is 23.2 Å². The van der Waals surface area contributed by atoms with E-state index < -0.39 is 0 Å². The van der Waals surface area contributed by atoms with Crippen molar-refractivity contribution in [2.75, 3.05) is 19.6 Å². The van der Waals surface area contributed by atoms with Crippen LogP contribution in [0.2, 0.25) is 0 Å². The zero-order valence-electron chi connectivity index (χ0n) is 10.4. The zero-order valence-corrected chi connectivity index (χ0v) is 10.4. The third-order valence-corrected chi connectivity index (χ3v) is 3.50. The topological polar surface area (TPSA) is 29.3 Å². The largest absolute Gasteiger partial charge is 0.326 e. The van der Waals surface area contributed by atoms with E-state index in [9.17, 15) is 0 Å². The van der Waals surface area contributed by atoms with Crippen LogP contribution in [0, 0.1) is 13.8 Å². The van der Waals surface area contributed by atoms with Crippen molar-refractivity contribution in [1.29, 1.82) is 0 Å². The van der Waals surface area contributed by atoms with Crippen molar-refractivity contribution in [2.45, 2.75) is 32.7 Å². The van der Waals surface area contributed by atoms with Gasteiger partial charge in [-0.25, -0.2) is 0 Å². The van der Waals surface area contributed by atoms with Gasteiger partial charge in [-0.05, 0) is 44.4 Å². The Hall–Kier alpha value is -0.860. The first-order chi connectivity index (χ1) is 7.65. The molecule has 0 spiro atoms. The van der Waals surface area contributed by atoms with E-state index in [-0.39, 0.29) is 0 Å². The van der Waals surface area contributed by atoms with Gasteiger partial charge < -0.3 is 10.6 Å². The molecule has 0 saturated carbocycles. The molecule has 1 atom stereocenters. The molecule has 0 aromatic heterocycles. The molecule has 1 fully saturated rings. The Bertz CT molecular complexity index is 360. The molecule has 2 heteroatoms. The Balaban J connectivity index is 1.89. The summed E-state index contributed by atoms with van der Waals surface area (Å²) in [6.45, 7) is 7.75.